The number of aryl methyl sites for hydroxylation is 1. The van der Waals surface area contributed by atoms with E-state index in [0.717, 1.165) is 29.7 Å². The van der Waals surface area contributed by atoms with Crippen LogP contribution in [0.25, 0.3) is 11.0 Å². The zero-order chi connectivity index (χ0) is 12.4. The summed E-state index contributed by atoms with van der Waals surface area (Å²) in [4.78, 5) is 4.67. The van der Waals surface area contributed by atoms with Gasteiger partial charge in [-0.15, -0.1) is 0 Å². The summed E-state index contributed by atoms with van der Waals surface area (Å²) in [6.45, 7) is 4.38. The summed E-state index contributed by atoms with van der Waals surface area (Å²) in [6.07, 6.45) is 2.19. The van der Waals surface area contributed by atoms with E-state index in [9.17, 15) is 0 Å². The summed E-state index contributed by atoms with van der Waals surface area (Å²) in [6, 6.07) is 7.84. The molecule has 0 radical (unpaired) electrons. The van der Waals surface area contributed by atoms with E-state index in [4.69, 9.17) is 5.26 Å². The molecule has 0 bridgehead atoms. The standard InChI is InChI=1S/C14H17N3/c1-4-11(5-2)14-16-12-8-10(9-15)6-7-13(12)17(14)3/h6-8,11H,4-5H2,1-3H3. The van der Waals surface area contributed by atoms with Crippen LogP contribution in [0, 0.1) is 11.3 Å². The molecule has 3 nitrogen and oxygen atoms in total. The molecule has 0 saturated carbocycles. The molecule has 0 spiro atoms. The number of nitrogens with zero attached hydrogens (tertiary/aromatic N) is 3. The number of nitriles is 1. The van der Waals surface area contributed by atoms with Crippen LogP contribution < -0.4 is 0 Å². The summed E-state index contributed by atoms with van der Waals surface area (Å²) in [7, 11) is 2.05. The van der Waals surface area contributed by atoms with Gasteiger partial charge >= 0.3 is 0 Å². The third-order valence-electron chi connectivity index (χ3n) is 3.40. The van der Waals surface area contributed by atoms with Crippen LogP contribution in [-0.4, -0.2) is 9.55 Å². The molecule has 0 N–H and O–H groups in total. The van der Waals surface area contributed by atoms with Gasteiger partial charge in [0, 0.05) is 13.0 Å². The third kappa shape index (κ3) is 1.91. The van der Waals surface area contributed by atoms with Gasteiger partial charge in [0.15, 0.2) is 0 Å². The lowest BCUT2D eigenvalue weighted by Crippen LogP contribution is -2.04. The summed E-state index contributed by atoms with van der Waals surface area (Å²) in [5, 5.41) is 8.89. The molecule has 0 unspecified atom stereocenters. The van der Waals surface area contributed by atoms with Gasteiger partial charge in [-0.3, -0.25) is 0 Å². The topological polar surface area (TPSA) is 41.6 Å². The third-order valence-corrected chi connectivity index (χ3v) is 3.40. The van der Waals surface area contributed by atoms with E-state index in [1.165, 1.54) is 0 Å². The van der Waals surface area contributed by atoms with Crippen molar-refractivity contribution in [2.45, 2.75) is 32.6 Å². The van der Waals surface area contributed by atoms with Crippen LogP contribution in [0.1, 0.15) is 44.0 Å². The maximum atomic E-state index is 8.89. The van der Waals surface area contributed by atoms with Gasteiger partial charge in [0.1, 0.15) is 5.82 Å². The molecule has 0 atom stereocenters. The largest absolute Gasteiger partial charge is 0.331 e. The monoisotopic (exact) mass is 227 g/mol. The molecule has 3 heteroatoms. The van der Waals surface area contributed by atoms with Crippen molar-refractivity contribution >= 4 is 11.0 Å². The minimum atomic E-state index is 0.498. The maximum Gasteiger partial charge on any atom is 0.112 e. The fraction of sp³-hybridized carbons (Fsp3) is 0.429. The quantitative estimate of drug-likeness (QED) is 0.806. The van der Waals surface area contributed by atoms with Gasteiger partial charge in [-0.1, -0.05) is 13.8 Å². The molecule has 17 heavy (non-hydrogen) atoms. The highest BCUT2D eigenvalue weighted by atomic mass is 15.1. The predicted molar refractivity (Wildman–Crippen MR) is 68.8 cm³/mol. The number of benzene rings is 1. The normalized spacial score (nSPS) is 11.0. The van der Waals surface area contributed by atoms with Gasteiger partial charge in [0.05, 0.1) is 22.7 Å². The van der Waals surface area contributed by atoms with Gasteiger partial charge < -0.3 is 4.57 Å². The van der Waals surface area contributed by atoms with Gasteiger partial charge in [-0.05, 0) is 31.0 Å². The number of aromatic nitrogens is 2. The number of hydrogen-bond donors (Lipinski definition) is 0. The Labute approximate surface area is 102 Å². The molecule has 0 aliphatic carbocycles. The van der Waals surface area contributed by atoms with E-state index in [1.807, 2.05) is 18.2 Å². The Bertz CT molecular complexity index is 571. The van der Waals surface area contributed by atoms with Crippen molar-refractivity contribution in [3.63, 3.8) is 0 Å². The molecule has 0 aliphatic rings. The van der Waals surface area contributed by atoms with Crippen molar-refractivity contribution in [3.05, 3.63) is 29.6 Å². The Balaban J connectivity index is 2.60. The molecule has 0 saturated heterocycles. The molecule has 1 heterocycles. The molecule has 88 valence electrons. The van der Waals surface area contributed by atoms with Gasteiger partial charge in [-0.2, -0.15) is 5.26 Å². The predicted octanol–water partition coefficient (Wildman–Crippen LogP) is 3.35. The van der Waals surface area contributed by atoms with E-state index in [0.29, 0.717) is 11.5 Å². The summed E-state index contributed by atoms with van der Waals surface area (Å²) >= 11 is 0. The molecule has 0 fully saturated rings. The SMILES string of the molecule is CCC(CC)c1nc2cc(C#N)ccc2n1C. The smallest absolute Gasteiger partial charge is 0.112 e. The Kier molecular flexibility index (Phi) is 3.14. The lowest BCUT2D eigenvalue weighted by molar-refractivity contribution is 0.582. The van der Waals surface area contributed by atoms with Crippen LogP contribution >= 0.6 is 0 Å². The lowest BCUT2D eigenvalue weighted by Gasteiger charge is -2.11. The Morgan fingerprint density at radius 2 is 2.06 bits per heavy atom. The zero-order valence-electron chi connectivity index (χ0n) is 10.6. The minimum Gasteiger partial charge on any atom is -0.331 e. The molecular weight excluding hydrogens is 210 g/mol. The molecule has 2 rings (SSSR count). The molecular formula is C14H17N3. The van der Waals surface area contributed by atoms with Crippen LogP contribution in [0.5, 0.6) is 0 Å². The van der Waals surface area contributed by atoms with E-state index < -0.39 is 0 Å². The molecule has 0 amide bonds. The Morgan fingerprint density at radius 1 is 1.35 bits per heavy atom. The zero-order valence-corrected chi connectivity index (χ0v) is 10.6. The Hall–Kier alpha value is -1.82. The van der Waals surface area contributed by atoms with Crippen LogP contribution in [0.3, 0.4) is 0 Å². The van der Waals surface area contributed by atoms with Crippen LogP contribution in [0.15, 0.2) is 18.2 Å². The first-order valence-electron chi connectivity index (χ1n) is 6.07. The molecule has 1 aromatic carbocycles. The van der Waals surface area contributed by atoms with Crippen molar-refractivity contribution in [2.24, 2.45) is 7.05 Å². The summed E-state index contributed by atoms with van der Waals surface area (Å²) in [5.41, 5.74) is 2.70. The van der Waals surface area contributed by atoms with Crippen LogP contribution in [-0.2, 0) is 7.05 Å². The molecule has 0 aliphatic heterocycles. The highest BCUT2D eigenvalue weighted by Gasteiger charge is 2.15. The average Bonchev–Trinajstić information content (AvgIpc) is 2.68. The number of fused-ring (bicyclic) bond motifs is 1. The maximum absolute atomic E-state index is 8.89. The molecule has 2 aromatic rings. The van der Waals surface area contributed by atoms with Crippen molar-refractivity contribution < 1.29 is 0 Å². The first-order valence-corrected chi connectivity index (χ1v) is 6.07. The van der Waals surface area contributed by atoms with Crippen molar-refractivity contribution in [1.82, 2.24) is 9.55 Å². The first kappa shape index (κ1) is 11.7. The minimum absolute atomic E-state index is 0.498. The number of rotatable bonds is 3. The van der Waals surface area contributed by atoms with Crippen molar-refractivity contribution in [1.29, 1.82) is 5.26 Å². The van der Waals surface area contributed by atoms with Crippen LogP contribution in [0.2, 0.25) is 0 Å². The van der Waals surface area contributed by atoms with E-state index >= 15 is 0 Å². The second-order valence-corrected chi connectivity index (χ2v) is 4.36. The fourth-order valence-corrected chi connectivity index (χ4v) is 2.31. The second kappa shape index (κ2) is 4.58. The lowest BCUT2D eigenvalue weighted by atomic mass is 10.0. The highest BCUT2D eigenvalue weighted by molar-refractivity contribution is 5.77. The number of imidazole rings is 1. The summed E-state index contributed by atoms with van der Waals surface area (Å²) in [5.74, 6) is 1.62. The van der Waals surface area contributed by atoms with Gasteiger partial charge in [0.25, 0.3) is 0 Å². The second-order valence-electron chi connectivity index (χ2n) is 4.36. The van der Waals surface area contributed by atoms with E-state index in [2.05, 4.69) is 36.5 Å². The van der Waals surface area contributed by atoms with E-state index in [1.54, 1.807) is 0 Å². The van der Waals surface area contributed by atoms with E-state index in [-0.39, 0.29) is 0 Å². The molecule has 1 aromatic heterocycles. The number of hydrogen-bond acceptors (Lipinski definition) is 2. The fourth-order valence-electron chi connectivity index (χ4n) is 2.31. The average molecular weight is 227 g/mol. The highest BCUT2D eigenvalue weighted by Crippen LogP contribution is 2.26. The first-order chi connectivity index (χ1) is 8.21. The summed E-state index contributed by atoms with van der Waals surface area (Å²) < 4.78 is 2.15. The van der Waals surface area contributed by atoms with Crippen molar-refractivity contribution in [2.75, 3.05) is 0 Å². The van der Waals surface area contributed by atoms with Crippen molar-refractivity contribution in [3.8, 4) is 6.07 Å². The Morgan fingerprint density at radius 3 is 2.65 bits per heavy atom. The van der Waals surface area contributed by atoms with Gasteiger partial charge in [-0.25, -0.2) is 4.98 Å². The van der Waals surface area contributed by atoms with Crippen LogP contribution in [0.4, 0.5) is 0 Å². The van der Waals surface area contributed by atoms with Gasteiger partial charge in [0.2, 0.25) is 0 Å².